The van der Waals surface area contributed by atoms with E-state index in [1.807, 2.05) is 24.0 Å². The van der Waals surface area contributed by atoms with Gasteiger partial charge in [0, 0.05) is 35.4 Å². The lowest BCUT2D eigenvalue weighted by Crippen LogP contribution is -2.45. The standard InChI is InChI=1S/C21H26ClN3O2/c1-4-18-10-19(26)25(21(23-18)16-6-5-7-17(22)9-16)13-20(27)24-11-14(2)8-15(3)12-24/h5-7,9-10,14-15H,4,8,11-13H2,1-3H3/t14-,15+. The van der Waals surface area contributed by atoms with Gasteiger partial charge in [0.25, 0.3) is 5.56 Å². The summed E-state index contributed by atoms with van der Waals surface area (Å²) in [5, 5.41) is 0.570. The second-order valence-electron chi connectivity index (χ2n) is 7.60. The summed E-state index contributed by atoms with van der Waals surface area (Å²) in [5.74, 6) is 1.41. The van der Waals surface area contributed by atoms with Crippen LogP contribution in [0.5, 0.6) is 0 Å². The van der Waals surface area contributed by atoms with Gasteiger partial charge in [-0.1, -0.05) is 44.5 Å². The zero-order valence-corrected chi connectivity index (χ0v) is 16.9. The first kappa shape index (κ1) is 19.6. The third-order valence-electron chi connectivity index (χ3n) is 5.02. The Morgan fingerprint density at radius 3 is 2.56 bits per heavy atom. The number of aromatic nitrogens is 2. The molecule has 0 bridgehead atoms. The number of nitrogens with zero attached hydrogens (tertiary/aromatic N) is 3. The average molecular weight is 388 g/mol. The SMILES string of the molecule is CCc1cc(=O)n(CC(=O)N2C[C@H](C)C[C@H](C)C2)c(-c2cccc(Cl)c2)n1. The van der Waals surface area contributed by atoms with Gasteiger partial charge in [-0.05, 0) is 36.8 Å². The van der Waals surface area contributed by atoms with Gasteiger partial charge < -0.3 is 4.90 Å². The molecule has 0 aliphatic carbocycles. The van der Waals surface area contributed by atoms with E-state index in [0.29, 0.717) is 34.8 Å². The van der Waals surface area contributed by atoms with Crippen LogP contribution in [0.4, 0.5) is 0 Å². The molecular formula is C21H26ClN3O2. The highest BCUT2D eigenvalue weighted by Crippen LogP contribution is 2.23. The molecule has 0 N–H and O–H groups in total. The number of carbonyl (C=O) groups is 1. The Hall–Kier alpha value is -2.14. The van der Waals surface area contributed by atoms with Crippen LogP contribution in [0, 0.1) is 11.8 Å². The summed E-state index contributed by atoms with van der Waals surface area (Å²) in [6, 6.07) is 8.75. The fourth-order valence-electron chi connectivity index (χ4n) is 3.84. The van der Waals surface area contributed by atoms with Crippen molar-refractivity contribution in [2.24, 2.45) is 11.8 Å². The van der Waals surface area contributed by atoms with Crippen LogP contribution in [0.15, 0.2) is 35.1 Å². The monoisotopic (exact) mass is 387 g/mol. The second-order valence-corrected chi connectivity index (χ2v) is 8.04. The van der Waals surface area contributed by atoms with Crippen molar-refractivity contribution in [3.05, 3.63) is 51.4 Å². The zero-order valence-electron chi connectivity index (χ0n) is 16.1. The Morgan fingerprint density at radius 1 is 1.22 bits per heavy atom. The van der Waals surface area contributed by atoms with Gasteiger partial charge in [-0.3, -0.25) is 14.2 Å². The summed E-state index contributed by atoms with van der Waals surface area (Å²) in [6.45, 7) is 7.76. The number of hydrogen-bond donors (Lipinski definition) is 0. The van der Waals surface area contributed by atoms with Crippen LogP contribution in [0.1, 0.15) is 32.9 Å². The molecule has 6 heteroatoms. The summed E-state index contributed by atoms with van der Waals surface area (Å²) in [4.78, 5) is 32.2. The molecule has 3 rings (SSSR count). The predicted octanol–water partition coefficient (Wildman–Crippen LogP) is 3.63. The first-order valence-electron chi connectivity index (χ1n) is 9.51. The van der Waals surface area contributed by atoms with Gasteiger partial charge in [-0.15, -0.1) is 0 Å². The Morgan fingerprint density at radius 2 is 1.93 bits per heavy atom. The van der Waals surface area contributed by atoms with E-state index in [-0.39, 0.29) is 18.0 Å². The van der Waals surface area contributed by atoms with Crippen molar-refractivity contribution in [3.63, 3.8) is 0 Å². The number of halogens is 1. The fourth-order valence-corrected chi connectivity index (χ4v) is 4.03. The van der Waals surface area contributed by atoms with Crippen molar-refractivity contribution in [2.75, 3.05) is 13.1 Å². The van der Waals surface area contributed by atoms with Crippen molar-refractivity contribution in [3.8, 4) is 11.4 Å². The quantitative estimate of drug-likeness (QED) is 0.804. The lowest BCUT2D eigenvalue weighted by molar-refractivity contribution is -0.134. The Kier molecular flexibility index (Phi) is 6.00. The van der Waals surface area contributed by atoms with Gasteiger partial charge in [-0.2, -0.15) is 0 Å². The molecule has 0 saturated carbocycles. The van der Waals surface area contributed by atoms with Crippen LogP contribution in [-0.4, -0.2) is 33.4 Å². The number of rotatable bonds is 4. The molecule has 1 aliphatic heterocycles. The number of amides is 1. The number of hydrogen-bond acceptors (Lipinski definition) is 3. The number of likely N-dealkylation sites (tertiary alicyclic amines) is 1. The van der Waals surface area contributed by atoms with Crippen LogP contribution in [0.25, 0.3) is 11.4 Å². The Balaban J connectivity index is 1.97. The molecule has 1 aliphatic rings. The molecule has 144 valence electrons. The molecule has 2 aromatic rings. The van der Waals surface area contributed by atoms with Crippen LogP contribution in [-0.2, 0) is 17.8 Å². The summed E-state index contributed by atoms with van der Waals surface area (Å²) >= 11 is 6.13. The van der Waals surface area contributed by atoms with Crippen LogP contribution < -0.4 is 5.56 Å². The Bertz CT molecular complexity index is 883. The maximum Gasteiger partial charge on any atom is 0.254 e. The smallest absolute Gasteiger partial charge is 0.254 e. The molecule has 2 atom stereocenters. The lowest BCUT2D eigenvalue weighted by Gasteiger charge is -2.35. The number of carbonyl (C=O) groups excluding carboxylic acids is 1. The maximum atomic E-state index is 12.9. The summed E-state index contributed by atoms with van der Waals surface area (Å²) in [7, 11) is 0. The second kappa shape index (κ2) is 8.26. The normalized spacial score (nSPS) is 19.9. The molecule has 1 aromatic carbocycles. The minimum absolute atomic E-state index is 0.00286. The largest absolute Gasteiger partial charge is 0.341 e. The van der Waals surface area contributed by atoms with Gasteiger partial charge in [0.1, 0.15) is 12.4 Å². The summed E-state index contributed by atoms with van der Waals surface area (Å²) in [5.41, 5.74) is 1.24. The number of benzene rings is 1. The van der Waals surface area contributed by atoms with Crippen LogP contribution in [0.3, 0.4) is 0 Å². The molecule has 1 amide bonds. The molecular weight excluding hydrogens is 362 g/mol. The maximum absolute atomic E-state index is 12.9. The summed E-state index contributed by atoms with van der Waals surface area (Å²) in [6.07, 6.45) is 1.78. The molecule has 0 spiro atoms. The van der Waals surface area contributed by atoms with Gasteiger partial charge in [-0.25, -0.2) is 4.98 Å². The molecule has 1 fully saturated rings. The molecule has 5 nitrogen and oxygen atoms in total. The third kappa shape index (κ3) is 4.59. The number of piperidine rings is 1. The van der Waals surface area contributed by atoms with Gasteiger partial charge in [0.05, 0.1) is 0 Å². The van der Waals surface area contributed by atoms with E-state index in [1.54, 1.807) is 12.1 Å². The molecule has 1 aromatic heterocycles. The first-order valence-corrected chi connectivity index (χ1v) is 9.89. The topological polar surface area (TPSA) is 55.2 Å². The van der Waals surface area contributed by atoms with Crippen molar-refractivity contribution >= 4 is 17.5 Å². The molecule has 27 heavy (non-hydrogen) atoms. The van der Waals surface area contributed by atoms with E-state index < -0.39 is 0 Å². The highest BCUT2D eigenvalue weighted by Gasteiger charge is 2.26. The minimum atomic E-state index is -0.205. The molecule has 1 saturated heterocycles. The lowest BCUT2D eigenvalue weighted by atomic mass is 9.92. The first-order chi connectivity index (χ1) is 12.9. The third-order valence-corrected chi connectivity index (χ3v) is 5.26. The highest BCUT2D eigenvalue weighted by atomic mass is 35.5. The van der Waals surface area contributed by atoms with Crippen LogP contribution in [0.2, 0.25) is 5.02 Å². The van der Waals surface area contributed by atoms with Crippen molar-refractivity contribution in [1.29, 1.82) is 0 Å². The van der Waals surface area contributed by atoms with E-state index in [0.717, 1.165) is 25.1 Å². The van der Waals surface area contributed by atoms with E-state index in [9.17, 15) is 9.59 Å². The van der Waals surface area contributed by atoms with Crippen molar-refractivity contribution in [1.82, 2.24) is 14.5 Å². The molecule has 0 radical (unpaired) electrons. The average Bonchev–Trinajstić information content (AvgIpc) is 2.62. The van der Waals surface area contributed by atoms with E-state index >= 15 is 0 Å². The summed E-state index contributed by atoms with van der Waals surface area (Å²) < 4.78 is 1.47. The number of aryl methyl sites for hydroxylation is 1. The molecule has 2 heterocycles. The van der Waals surface area contributed by atoms with E-state index in [1.165, 1.54) is 10.6 Å². The van der Waals surface area contributed by atoms with E-state index in [4.69, 9.17) is 11.6 Å². The van der Waals surface area contributed by atoms with E-state index in [2.05, 4.69) is 18.8 Å². The van der Waals surface area contributed by atoms with Crippen LogP contribution >= 0.6 is 11.6 Å². The van der Waals surface area contributed by atoms with Gasteiger partial charge in [0.15, 0.2) is 0 Å². The molecule has 0 unspecified atom stereocenters. The zero-order chi connectivity index (χ0) is 19.6. The fraction of sp³-hybridized carbons (Fsp3) is 0.476. The predicted molar refractivity (Wildman–Crippen MR) is 108 cm³/mol. The Labute approximate surface area is 165 Å². The van der Waals surface area contributed by atoms with Gasteiger partial charge >= 0.3 is 0 Å². The minimum Gasteiger partial charge on any atom is -0.341 e. The van der Waals surface area contributed by atoms with Crippen molar-refractivity contribution in [2.45, 2.75) is 40.2 Å². The van der Waals surface area contributed by atoms with Gasteiger partial charge in [0.2, 0.25) is 5.91 Å². The highest BCUT2D eigenvalue weighted by molar-refractivity contribution is 6.30. The van der Waals surface area contributed by atoms with Crippen molar-refractivity contribution < 1.29 is 4.79 Å².